The first-order chi connectivity index (χ1) is 9.02. The Kier molecular flexibility index (Phi) is 4.82. The van der Waals surface area contributed by atoms with Crippen molar-refractivity contribution >= 4 is 31.9 Å². The van der Waals surface area contributed by atoms with Gasteiger partial charge in [0.2, 0.25) is 0 Å². The molecule has 0 aliphatic heterocycles. The lowest BCUT2D eigenvalue weighted by molar-refractivity contribution is 0.688. The molecule has 0 fully saturated rings. The molecule has 0 aromatic heterocycles. The van der Waals surface area contributed by atoms with Crippen LogP contribution in [0.4, 0.5) is 0 Å². The number of rotatable bonds is 3. The highest BCUT2D eigenvalue weighted by Crippen LogP contribution is 2.31. The minimum Gasteiger partial charge on any atom is -0.309 e. The van der Waals surface area contributed by atoms with Crippen LogP contribution in [0, 0.1) is 13.8 Å². The fraction of sp³-hybridized carbons (Fsp3) is 0.250. The molecule has 2 aromatic rings. The van der Waals surface area contributed by atoms with Crippen molar-refractivity contribution in [2.24, 2.45) is 0 Å². The normalized spacial score (nSPS) is 12.5. The van der Waals surface area contributed by atoms with Crippen molar-refractivity contribution in [2.45, 2.75) is 19.9 Å². The molecule has 0 saturated carbocycles. The van der Waals surface area contributed by atoms with E-state index in [0.29, 0.717) is 0 Å². The minimum atomic E-state index is 0.196. The van der Waals surface area contributed by atoms with Crippen LogP contribution in [-0.2, 0) is 0 Å². The molecule has 0 saturated heterocycles. The molecular formula is C16H17Br2N. The van der Waals surface area contributed by atoms with Crippen molar-refractivity contribution in [3.8, 4) is 0 Å². The SMILES string of the molecule is CNC(c1ccc(C)c(C)c1)c1ccc(Br)cc1Br. The van der Waals surface area contributed by atoms with Crippen molar-refractivity contribution < 1.29 is 0 Å². The summed E-state index contributed by atoms with van der Waals surface area (Å²) in [6.07, 6.45) is 0. The largest absolute Gasteiger partial charge is 0.309 e. The summed E-state index contributed by atoms with van der Waals surface area (Å²) in [7, 11) is 1.99. The minimum absolute atomic E-state index is 0.196. The van der Waals surface area contributed by atoms with Crippen LogP contribution >= 0.6 is 31.9 Å². The highest BCUT2D eigenvalue weighted by atomic mass is 79.9. The van der Waals surface area contributed by atoms with E-state index < -0.39 is 0 Å². The van der Waals surface area contributed by atoms with E-state index in [0.717, 1.165) is 8.95 Å². The Balaban J connectivity index is 2.46. The van der Waals surface area contributed by atoms with Gasteiger partial charge in [-0.1, -0.05) is 56.1 Å². The van der Waals surface area contributed by atoms with Crippen LogP contribution in [0.25, 0.3) is 0 Å². The van der Waals surface area contributed by atoms with Gasteiger partial charge in [0.05, 0.1) is 6.04 Å². The lowest BCUT2D eigenvalue weighted by Gasteiger charge is -2.20. The molecule has 0 aliphatic carbocycles. The van der Waals surface area contributed by atoms with E-state index in [2.05, 4.69) is 87.4 Å². The van der Waals surface area contributed by atoms with Crippen LogP contribution in [0.1, 0.15) is 28.3 Å². The standard InChI is InChI=1S/C16H17Br2N/c1-10-4-5-12(8-11(10)2)16(19-3)14-7-6-13(17)9-15(14)18/h4-9,16,19H,1-3H3. The Morgan fingerprint density at radius 2 is 1.68 bits per heavy atom. The predicted molar refractivity (Wildman–Crippen MR) is 88.7 cm³/mol. The van der Waals surface area contributed by atoms with E-state index in [4.69, 9.17) is 0 Å². The van der Waals surface area contributed by atoms with Crippen LogP contribution < -0.4 is 5.32 Å². The van der Waals surface area contributed by atoms with Crippen LogP contribution in [0.15, 0.2) is 45.3 Å². The summed E-state index contributed by atoms with van der Waals surface area (Å²) >= 11 is 7.14. The van der Waals surface area contributed by atoms with Crippen molar-refractivity contribution in [1.29, 1.82) is 0 Å². The van der Waals surface area contributed by atoms with E-state index >= 15 is 0 Å². The van der Waals surface area contributed by atoms with E-state index in [1.54, 1.807) is 0 Å². The maximum absolute atomic E-state index is 3.65. The van der Waals surface area contributed by atoms with Gasteiger partial charge in [0.15, 0.2) is 0 Å². The van der Waals surface area contributed by atoms with Crippen LogP contribution in [0.3, 0.4) is 0 Å². The first kappa shape index (κ1) is 14.8. The summed E-state index contributed by atoms with van der Waals surface area (Å²) in [5, 5.41) is 3.40. The Morgan fingerprint density at radius 3 is 2.26 bits per heavy atom. The Hall–Kier alpha value is -0.640. The molecule has 1 unspecified atom stereocenters. The smallest absolute Gasteiger partial charge is 0.0585 e. The average Bonchev–Trinajstić information content (AvgIpc) is 2.37. The second-order valence-corrected chi connectivity index (χ2v) is 6.50. The van der Waals surface area contributed by atoms with Crippen molar-refractivity contribution in [3.05, 3.63) is 67.6 Å². The molecule has 100 valence electrons. The van der Waals surface area contributed by atoms with E-state index in [1.165, 1.54) is 22.3 Å². The highest BCUT2D eigenvalue weighted by molar-refractivity contribution is 9.11. The van der Waals surface area contributed by atoms with Crippen LogP contribution in [0.5, 0.6) is 0 Å². The van der Waals surface area contributed by atoms with Crippen molar-refractivity contribution in [1.82, 2.24) is 5.32 Å². The zero-order valence-electron chi connectivity index (χ0n) is 11.3. The summed E-state index contributed by atoms with van der Waals surface area (Å²) in [5.41, 5.74) is 5.18. The number of halogens is 2. The Bertz CT molecular complexity index is 593. The topological polar surface area (TPSA) is 12.0 Å². The molecule has 0 radical (unpaired) electrons. The molecule has 2 aromatic carbocycles. The molecule has 3 heteroatoms. The van der Waals surface area contributed by atoms with Gasteiger partial charge in [0.25, 0.3) is 0 Å². The predicted octanol–water partition coefficient (Wildman–Crippen LogP) is 5.14. The van der Waals surface area contributed by atoms with Gasteiger partial charge in [-0.25, -0.2) is 0 Å². The maximum atomic E-state index is 3.65. The third-order valence-corrected chi connectivity index (χ3v) is 4.61. The average molecular weight is 383 g/mol. The lowest BCUT2D eigenvalue weighted by atomic mass is 9.96. The summed E-state index contributed by atoms with van der Waals surface area (Å²) in [5.74, 6) is 0. The zero-order chi connectivity index (χ0) is 14.0. The molecule has 1 N–H and O–H groups in total. The second-order valence-electron chi connectivity index (χ2n) is 4.73. The van der Waals surface area contributed by atoms with Crippen molar-refractivity contribution in [3.63, 3.8) is 0 Å². The summed E-state index contributed by atoms with van der Waals surface area (Å²) in [6, 6.07) is 13.1. The number of nitrogens with one attached hydrogen (secondary N) is 1. The number of hydrogen-bond acceptors (Lipinski definition) is 1. The molecule has 0 amide bonds. The molecule has 1 nitrogen and oxygen atoms in total. The first-order valence-corrected chi connectivity index (χ1v) is 7.81. The highest BCUT2D eigenvalue weighted by Gasteiger charge is 2.15. The fourth-order valence-corrected chi connectivity index (χ4v) is 3.46. The van der Waals surface area contributed by atoms with E-state index in [1.807, 2.05) is 7.05 Å². The quantitative estimate of drug-likeness (QED) is 0.775. The zero-order valence-corrected chi connectivity index (χ0v) is 14.5. The Labute approximate surface area is 131 Å². The summed E-state index contributed by atoms with van der Waals surface area (Å²) in [6.45, 7) is 4.30. The molecule has 1 atom stereocenters. The van der Waals surface area contributed by atoms with Gasteiger partial charge < -0.3 is 5.32 Å². The van der Waals surface area contributed by atoms with E-state index in [9.17, 15) is 0 Å². The maximum Gasteiger partial charge on any atom is 0.0585 e. The van der Waals surface area contributed by atoms with Gasteiger partial charge in [-0.15, -0.1) is 0 Å². The monoisotopic (exact) mass is 381 g/mol. The van der Waals surface area contributed by atoms with E-state index in [-0.39, 0.29) is 6.04 Å². The van der Waals surface area contributed by atoms with Gasteiger partial charge >= 0.3 is 0 Å². The van der Waals surface area contributed by atoms with Gasteiger partial charge in [-0.2, -0.15) is 0 Å². The number of aryl methyl sites for hydroxylation is 2. The second kappa shape index (κ2) is 6.21. The van der Waals surface area contributed by atoms with Gasteiger partial charge in [0, 0.05) is 8.95 Å². The fourth-order valence-electron chi connectivity index (χ4n) is 2.18. The number of benzene rings is 2. The van der Waals surface area contributed by atoms with Gasteiger partial charge in [-0.3, -0.25) is 0 Å². The molecule has 0 heterocycles. The summed E-state index contributed by atoms with van der Waals surface area (Å²) in [4.78, 5) is 0. The lowest BCUT2D eigenvalue weighted by Crippen LogP contribution is -2.18. The van der Waals surface area contributed by atoms with Crippen molar-refractivity contribution in [2.75, 3.05) is 7.05 Å². The third kappa shape index (κ3) is 3.28. The molecule has 0 spiro atoms. The van der Waals surface area contributed by atoms with Crippen LogP contribution in [-0.4, -0.2) is 7.05 Å². The van der Waals surface area contributed by atoms with Gasteiger partial charge in [0.1, 0.15) is 0 Å². The Morgan fingerprint density at radius 1 is 0.947 bits per heavy atom. The molecule has 19 heavy (non-hydrogen) atoms. The summed E-state index contributed by atoms with van der Waals surface area (Å²) < 4.78 is 2.19. The third-order valence-electron chi connectivity index (χ3n) is 3.43. The number of hydrogen-bond donors (Lipinski definition) is 1. The molecule has 0 bridgehead atoms. The molecule has 2 rings (SSSR count). The molecule has 0 aliphatic rings. The van der Waals surface area contributed by atoms with Gasteiger partial charge in [-0.05, 0) is 55.3 Å². The van der Waals surface area contributed by atoms with Crippen LogP contribution in [0.2, 0.25) is 0 Å². The molecular weight excluding hydrogens is 366 g/mol. The first-order valence-electron chi connectivity index (χ1n) is 6.22.